The average Bonchev–Trinajstić information content (AvgIpc) is 2.94. The first-order valence-electron chi connectivity index (χ1n) is 12.3. The van der Waals surface area contributed by atoms with Gasteiger partial charge < -0.3 is 14.8 Å². The van der Waals surface area contributed by atoms with Crippen LogP contribution in [0.3, 0.4) is 0 Å². The summed E-state index contributed by atoms with van der Waals surface area (Å²) in [6.07, 6.45) is 10.4. The van der Waals surface area contributed by atoms with E-state index in [0.29, 0.717) is 11.5 Å². The van der Waals surface area contributed by atoms with Crippen LogP contribution in [0.15, 0.2) is 84.6 Å². The fraction of sp³-hybridized carbons (Fsp3) is 0.226. The lowest BCUT2D eigenvalue weighted by molar-refractivity contribution is -0.112. The number of fused-ring (bicyclic) bond motifs is 2. The van der Waals surface area contributed by atoms with E-state index in [9.17, 15) is 4.79 Å². The highest BCUT2D eigenvalue weighted by atomic mass is 16.5. The van der Waals surface area contributed by atoms with Crippen molar-refractivity contribution in [3.63, 3.8) is 0 Å². The van der Waals surface area contributed by atoms with E-state index >= 15 is 0 Å². The topological polar surface area (TPSA) is 60.5 Å². The number of carbonyl (C=O) groups excluding carboxylic acids is 1. The number of nitrogens with zero attached hydrogens (tertiary/aromatic N) is 1. The van der Waals surface area contributed by atoms with Crippen LogP contribution in [0.1, 0.15) is 37.8 Å². The number of allylic oxidation sites excluding steroid dienone is 2. The highest BCUT2D eigenvalue weighted by molar-refractivity contribution is 6.06. The molecule has 1 aliphatic carbocycles. The van der Waals surface area contributed by atoms with Gasteiger partial charge in [0.25, 0.3) is 5.91 Å². The number of anilines is 1. The highest BCUT2D eigenvalue weighted by Gasteiger charge is 2.12. The molecule has 0 saturated heterocycles. The standard InChI is InChI=1S/C29H26N2O3.C2H6/c1-33-27-17-25-23(12-13-30-26(25)18-28(27)34-2)15-19-8-9-22-16-24(11-10-21(22)14-19)31-29(32)20-6-4-3-5-7-20;1-2/h4,6-14,16-18H,3,5,15H2,1-2H3,(H,31,32);1-2H3. The number of rotatable bonds is 6. The van der Waals surface area contributed by atoms with Crippen LogP contribution in [0.4, 0.5) is 5.69 Å². The minimum absolute atomic E-state index is 0.0662. The molecule has 1 aliphatic rings. The van der Waals surface area contributed by atoms with Crippen LogP contribution in [0, 0.1) is 0 Å². The summed E-state index contributed by atoms with van der Waals surface area (Å²) in [5.74, 6) is 1.30. The first kappa shape index (κ1) is 25.0. The molecule has 5 heteroatoms. The maximum absolute atomic E-state index is 12.5. The van der Waals surface area contributed by atoms with Crippen LogP contribution < -0.4 is 14.8 Å². The lowest BCUT2D eigenvalue weighted by Gasteiger charge is -2.12. The Kier molecular flexibility index (Phi) is 8.01. The van der Waals surface area contributed by atoms with Gasteiger partial charge in [0, 0.05) is 28.9 Å². The Labute approximate surface area is 212 Å². The molecule has 36 heavy (non-hydrogen) atoms. The zero-order chi connectivity index (χ0) is 25.5. The molecule has 0 bridgehead atoms. The molecule has 0 atom stereocenters. The number of aromatic nitrogens is 1. The monoisotopic (exact) mass is 480 g/mol. The van der Waals surface area contributed by atoms with E-state index in [1.807, 2.05) is 68.6 Å². The van der Waals surface area contributed by atoms with Crippen molar-refractivity contribution in [2.24, 2.45) is 0 Å². The second-order valence-corrected chi connectivity index (χ2v) is 8.36. The molecule has 0 radical (unpaired) electrons. The Hall–Kier alpha value is -4.12. The Morgan fingerprint density at radius 2 is 1.67 bits per heavy atom. The molecule has 0 fully saturated rings. The first-order chi connectivity index (χ1) is 17.6. The molecule has 4 aromatic rings. The molecule has 184 valence electrons. The van der Waals surface area contributed by atoms with E-state index in [1.165, 1.54) is 11.1 Å². The van der Waals surface area contributed by atoms with Gasteiger partial charge in [0.2, 0.25) is 0 Å². The molecule has 5 nitrogen and oxygen atoms in total. The van der Waals surface area contributed by atoms with Gasteiger partial charge in [0.15, 0.2) is 11.5 Å². The van der Waals surface area contributed by atoms with Gasteiger partial charge in [-0.3, -0.25) is 9.78 Å². The van der Waals surface area contributed by atoms with Crippen molar-refractivity contribution in [3.8, 4) is 11.5 Å². The van der Waals surface area contributed by atoms with Crippen LogP contribution in [0.2, 0.25) is 0 Å². The van der Waals surface area contributed by atoms with Crippen LogP contribution in [-0.2, 0) is 11.2 Å². The molecule has 1 aromatic heterocycles. The van der Waals surface area contributed by atoms with Gasteiger partial charge in [-0.1, -0.05) is 56.3 Å². The van der Waals surface area contributed by atoms with Crippen LogP contribution >= 0.6 is 0 Å². The number of nitrogens with one attached hydrogen (secondary N) is 1. The molecule has 0 aliphatic heterocycles. The van der Waals surface area contributed by atoms with Gasteiger partial charge in [-0.05, 0) is 65.4 Å². The summed E-state index contributed by atoms with van der Waals surface area (Å²) in [7, 11) is 3.27. The SMILES string of the molecule is CC.COc1cc2nccc(Cc3ccc4cc(NC(=O)C5=CCCC=C5)ccc4c3)c2cc1OC. The smallest absolute Gasteiger partial charge is 0.255 e. The first-order valence-corrected chi connectivity index (χ1v) is 12.3. The van der Waals surface area contributed by atoms with Crippen molar-refractivity contribution >= 4 is 33.3 Å². The average molecular weight is 481 g/mol. The fourth-order valence-electron chi connectivity index (χ4n) is 4.37. The Bertz CT molecular complexity index is 1450. The number of hydrogen-bond donors (Lipinski definition) is 1. The third kappa shape index (κ3) is 5.41. The lowest BCUT2D eigenvalue weighted by Crippen LogP contribution is -2.14. The third-order valence-electron chi connectivity index (χ3n) is 6.15. The van der Waals surface area contributed by atoms with E-state index < -0.39 is 0 Å². The summed E-state index contributed by atoms with van der Waals surface area (Å²) in [4.78, 5) is 17.0. The number of methoxy groups -OCH3 is 2. The fourth-order valence-corrected chi connectivity index (χ4v) is 4.37. The minimum atomic E-state index is -0.0662. The number of benzene rings is 3. The van der Waals surface area contributed by atoms with Gasteiger partial charge in [0.1, 0.15) is 0 Å². The molecule has 0 spiro atoms. The second-order valence-electron chi connectivity index (χ2n) is 8.36. The van der Waals surface area contributed by atoms with E-state index in [4.69, 9.17) is 9.47 Å². The maximum Gasteiger partial charge on any atom is 0.255 e. The molecule has 5 rings (SSSR count). The second kappa shape index (κ2) is 11.5. The molecule has 1 N–H and O–H groups in total. The van der Waals surface area contributed by atoms with Crippen molar-refractivity contribution in [2.45, 2.75) is 33.1 Å². The van der Waals surface area contributed by atoms with Crippen LogP contribution in [0.5, 0.6) is 11.5 Å². The van der Waals surface area contributed by atoms with Crippen LogP contribution in [0.25, 0.3) is 21.7 Å². The lowest BCUT2D eigenvalue weighted by atomic mass is 9.98. The Morgan fingerprint density at radius 1 is 0.917 bits per heavy atom. The highest BCUT2D eigenvalue weighted by Crippen LogP contribution is 2.33. The molecule has 3 aromatic carbocycles. The molecule has 0 unspecified atom stereocenters. The maximum atomic E-state index is 12.5. The summed E-state index contributed by atoms with van der Waals surface area (Å²) >= 11 is 0. The predicted molar refractivity (Wildman–Crippen MR) is 148 cm³/mol. The Balaban J connectivity index is 0.00000148. The van der Waals surface area contributed by atoms with Gasteiger partial charge >= 0.3 is 0 Å². The normalized spacial score (nSPS) is 12.5. The molecule has 1 amide bonds. The number of carbonyl (C=O) groups is 1. The van der Waals surface area contributed by atoms with E-state index in [0.717, 1.165) is 52.2 Å². The summed E-state index contributed by atoms with van der Waals surface area (Å²) in [5.41, 5.74) is 4.76. The predicted octanol–water partition coefficient (Wildman–Crippen LogP) is 7.24. The third-order valence-corrected chi connectivity index (χ3v) is 6.15. The summed E-state index contributed by atoms with van der Waals surface area (Å²) in [5, 5.41) is 6.27. The molecule has 1 heterocycles. The zero-order valence-corrected chi connectivity index (χ0v) is 21.3. The van der Waals surface area contributed by atoms with Gasteiger partial charge in [0.05, 0.1) is 19.7 Å². The largest absolute Gasteiger partial charge is 0.493 e. The van der Waals surface area contributed by atoms with E-state index in [-0.39, 0.29) is 5.91 Å². The van der Waals surface area contributed by atoms with Crippen molar-refractivity contribution in [1.82, 2.24) is 4.98 Å². The number of hydrogen-bond acceptors (Lipinski definition) is 4. The molecular formula is C31H32N2O3. The molecular weight excluding hydrogens is 448 g/mol. The summed E-state index contributed by atoms with van der Waals surface area (Å²) in [6, 6.07) is 18.4. The minimum Gasteiger partial charge on any atom is -0.493 e. The van der Waals surface area contributed by atoms with Crippen molar-refractivity contribution in [1.29, 1.82) is 0 Å². The molecule has 0 saturated carbocycles. The number of pyridine rings is 1. The number of amides is 1. The van der Waals surface area contributed by atoms with E-state index in [1.54, 1.807) is 14.2 Å². The van der Waals surface area contributed by atoms with Crippen LogP contribution in [-0.4, -0.2) is 25.1 Å². The van der Waals surface area contributed by atoms with Gasteiger partial charge in [-0.25, -0.2) is 0 Å². The Morgan fingerprint density at radius 3 is 2.42 bits per heavy atom. The van der Waals surface area contributed by atoms with Crippen molar-refractivity contribution in [3.05, 3.63) is 95.7 Å². The quantitative estimate of drug-likeness (QED) is 0.316. The summed E-state index contributed by atoms with van der Waals surface area (Å²) in [6.45, 7) is 4.00. The van der Waals surface area contributed by atoms with Gasteiger partial charge in [-0.15, -0.1) is 0 Å². The zero-order valence-electron chi connectivity index (χ0n) is 21.3. The van der Waals surface area contributed by atoms with E-state index in [2.05, 4.69) is 34.6 Å². The van der Waals surface area contributed by atoms with Crippen molar-refractivity contribution in [2.75, 3.05) is 19.5 Å². The van der Waals surface area contributed by atoms with Crippen molar-refractivity contribution < 1.29 is 14.3 Å². The number of ether oxygens (including phenoxy) is 2. The van der Waals surface area contributed by atoms with Gasteiger partial charge in [-0.2, -0.15) is 0 Å². The summed E-state index contributed by atoms with van der Waals surface area (Å²) < 4.78 is 10.9.